The van der Waals surface area contributed by atoms with Crippen molar-refractivity contribution in [1.82, 2.24) is 10.3 Å². The molecule has 2 fully saturated rings. The number of nitrogens with one attached hydrogen (secondary N) is 2. The summed E-state index contributed by atoms with van der Waals surface area (Å²) in [5.41, 5.74) is -0.115. The maximum atomic E-state index is 10.8. The van der Waals surface area contributed by atoms with Crippen LogP contribution in [0.5, 0.6) is 0 Å². The maximum absolute atomic E-state index is 10.8. The summed E-state index contributed by atoms with van der Waals surface area (Å²) in [6.07, 6.45) is 5.72. The molecule has 0 aromatic carbocycles. The number of nitriles is 1. The van der Waals surface area contributed by atoms with Crippen molar-refractivity contribution in [3.05, 3.63) is 27.9 Å². The molecule has 1 unspecified atom stereocenters. The van der Waals surface area contributed by atoms with Crippen molar-refractivity contribution in [3.8, 4) is 6.07 Å². The summed E-state index contributed by atoms with van der Waals surface area (Å²) >= 11 is 0. The van der Waals surface area contributed by atoms with Crippen molar-refractivity contribution in [2.24, 2.45) is 0 Å². The summed E-state index contributed by atoms with van der Waals surface area (Å²) in [6, 6.07) is 5.01. The molecule has 1 aromatic rings. The molecule has 2 N–H and O–H groups in total. The quantitative estimate of drug-likeness (QED) is 0.650. The first-order chi connectivity index (χ1) is 10.1. The molecule has 1 spiro atoms. The van der Waals surface area contributed by atoms with Gasteiger partial charge in [-0.25, -0.2) is 4.98 Å². The van der Waals surface area contributed by atoms with Crippen LogP contribution in [-0.4, -0.2) is 28.0 Å². The molecule has 1 aromatic heterocycles. The van der Waals surface area contributed by atoms with E-state index in [2.05, 4.69) is 15.6 Å². The van der Waals surface area contributed by atoms with E-state index >= 15 is 0 Å². The second kappa shape index (κ2) is 5.30. The summed E-state index contributed by atoms with van der Waals surface area (Å²) in [5, 5.41) is 26.7. The standard InChI is InChI=1S/C14H17N5O2/c15-9-11-12(19(20)21)2-3-13(18-11)17-10-4-7-16-14(8-10)5-1-6-14/h2-3,10,16H,1,4-8H2,(H,17,18). The van der Waals surface area contributed by atoms with Crippen LogP contribution in [0, 0.1) is 21.4 Å². The minimum absolute atomic E-state index is 0.141. The Labute approximate surface area is 122 Å². The van der Waals surface area contributed by atoms with Gasteiger partial charge in [0.1, 0.15) is 11.9 Å². The van der Waals surface area contributed by atoms with Crippen molar-refractivity contribution in [3.63, 3.8) is 0 Å². The third-order valence-electron chi connectivity index (χ3n) is 4.47. The van der Waals surface area contributed by atoms with Crippen molar-refractivity contribution < 1.29 is 4.92 Å². The second-order valence-electron chi connectivity index (χ2n) is 5.83. The normalized spacial score (nSPS) is 23.1. The van der Waals surface area contributed by atoms with Gasteiger partial charge in [0.25, 0.3) is 0 Å². The van der Waals surface area contributed by atoms with Crippen molar-refractivity contribution in [1.29, 1.82) is 5.26 Å². The fourth-order valence-electron chi connectivity index (χ4n) is 3.24. The van der Waals surface area contributed by atoms with Gasteiger partial charge in [0.05, 0.1) is 4.92 Å². The number of nitro groups is 1. The first kappa shape index (κ1) is 13.8. The molecule has 7 heteroatoms. The number of piperidine rings is 1. The highest BCUT2D eigenvalue weighted by Gasteiger charge is 2.40. The lowest BCUT2D eigenvalue weighted by Crippen LogP contribution is -2.58. The summed E-state index contributed by atoms with van der Waals surface area (Å²) < 4.78 is 0. The van der Waals surface area contributed by atoms with E-state index in [4.69, 9.17) is 5.26 Å². The highest BCUT2D eigenvalue weighted by Crippen LogP contribution is 2.38. The number of aromatic nitrogens is 1. The van der Waals surface area contributed by atoms with Crippen LogP contribution in [0.2, 0.25) is 0 Å². The molecule has 3 rings (SSSR count). The molecule has 1 saturated carbocycles. The molecule has 2 heterocycles. The summed E-state index contributed by atoms with van der Waals surface area (Å²) in [5.74, 6) is 0.540. The highest BCUT2D eigenvalue weighted by molar-refractivity contribution is 5.50. The Morgan fingerprint density at radius 2 is 2.33 bits per heavy atom. The van der Waals surface area contributed by atoms with E-state index in [0.717, 1.165) is 19.4 Å². The van der Waals surface area contributed by atoms with Gasteiger partial charge in [0, 0.05) is 17.6 Å². The van der Waals surface area contributed by atoms with Gasteiger partial charge in [0.2, 0.25) is 5.69 Å². The molecule has 2 aliphatic rings. The van der Waals surface area contributed by atoms with Crippen LogP contribution in [0.4, 0.5) is 11.5 Å². The Morgan fingerprint density at radius 1 is 1.52 bits per heavy atom. The van der Waals surface area contributed by atoms with Crippen LogP contribution in [0.1, 0.15) is 37.8 Å². The highest BCUT2D eigenvalue weighted by atomic mass is 16.6. The molecule has 1 aliphatic carbocycles. The topological polar surface area (TPSA) is 104 Å². The van der Waals surface area contributed by atoms with Crippen molar-refractivity contribution >= 4 is 11.5 Å². The molecule has 1 atom stereocenters. The van der Waals surface area contributed by atoms with Gasteiger partial charge < -0.3 is 10.6 Å². The minimum Gasteiger partial charge on any atom is -0.367 e. The van der Waals surface area contributed by atoms with Gasteiger partial charge >= 0.3 is 5.69 Å². The maximum Gasteiger partial charge on any atom is 0.305 e. The molecular formula is C14H17N5O2. The lowest BCUT2D eigenvalue weighted by molar-refractivity contribution is -0.385. The molecule has 1 saturated heterocycles. The average Bonchev–Trinajstić information content (AvgIpc) is 2.45. The molecule has 0 amide bonds. The summed E-state index contributed by atoms with van der Waals surface area (Å²) in [4.78, 5) is 14.3. The van der Waals surface area contributed by atoms with Crippen LogP contribution in [-0.2, 0) is 0 Å². The van der Waals surface area contributed by atoms with E-state index in [1.54, 1.807) is 12.1 Å². The third kappa shape index (κ3) is 2.67. The smallest absolute Gasteiger partial charge is 0.305 e. The zero-order valence-corrected chi connectivity index (χ0v) is 11.6. The first-order valence-corrected chi connectivity index (χ1v) is 7.19. The van der Waals surface area contributed by atoms with E-state index in [1.807, 2.05) is 0 Å². The van der Waals surface area contributed by atoms with Gasteiger partial charge in [-0.15, -0.1) is 0 Å². The minimum atomic E-state index is -0.580. The van der Waals surface area contributed by atoms with E-state index < -0.39 is 4.92 Å². The monoisotopic (exact) mass is 287 g/mol. The Hall–Kier alpha value is -2.20. The van der Waals surface area contributed by atoms with E-state index in [0.29, 0.717) is 11.9 Å². The predicted octanol–water partition coefficient (Wildman–Crippen LogP) is 1.95. The fourth-order valence-corrected chi connectivity index (χ4v) is 3.24. The van der Waals surface area contributed by atoms with Crippen LogP contribution >= 0.6 is 0 Å². The number of anilines is 1. The molecule has 110 valence electrons. The Kier molecular flexibility index (Phi) is 3.47. The lowest BCUT2D eigenvalue weighted by atomic mass is 9.70. The second-order valence-corrected chi connectivity index (χ2v) is 5.83. The van der Waals surface area contributed by atoms with E-state index in [-0.39, 0.29) is 16.9 Å². The lowest BCUT2D eigenvalue weighted by Gasteiger charge is -2.48. The third-order valence-corrected chi connectivity index (χ3v) is 4.47. The molecular weight excluding hydrogens is 270 g/mol. The number of hydrogen-bond acceptors (Lipinski definition) is 6. The molecule has 0 bridgehead atoms. The van der Waals surface area contributed by atoms with E-state index in [1.165, 1.54) is 25.3 Å². The SMILES string of the molecule is N#Cc1nc(NC2CCNC3(CCC3)C2)ccc1[N+](=O)[O-]. The van der Waals surface area contributed by atoms with Crippen LogP contribution in [0.15, 0.2) is 12.1 Å². The van der Waals surface area contributed by atoms with Gasteiger partial charge in [-0.05, 0) is 44.7 Å². The van der Waals surface area contributed by atoms with Crippen LogP contribution < -0.4 is 10.6 Å². The number of pyridine rings is 1. The largest absolute Gasteiger partial charge is 0.367 e. The number of rotatable bonds is 3. The summed E-state index contributed by atoms with van der Waals surface area (Å²) in [7, 11) is 0. The van der Waals surface area contributed by atoms with Gasteiger partial charge in [-0.2, -0.15) is 5.26 Å². The van der Waals surface area contributed by atoms with Crippen LogP contribution in [0.25, 0.3) is 0 Å². The molecule has 7 nitrogen and oxygen atoms in total. The Bertz CT molecular complexity index is 606. The first-order valence-electron chi connectivity index (χ1n) is 7.19. The number of nitrogens with zero attached hydrogens (tertiary/aromatic N) is 3. The van der Waals surface area contributed by atoms with Gasteiger partial charge in [-0.3, -0.25) is 10.1 Å². The van der Waals surface area contributed by atoms with Gasteiger partial charge in [-0.1, -0.05) is 0 Å². The average molecular weight is 287 g/mol. The molecule has 21 heavy (non-hydrogen) atoms. The Balaban J connectivity index is 1.73. The Morgan fingerprint density at radius 3 is 2.95 bits per heavy atom. The zero-order valence-electron chi connectivity index (χ0n) is 11.6. The fraction of sp³-hybridized carbons (Fsp3) is 0.571. The van der Waals surface area contributed by atoms with Crippen molar-refractivity contribution in [2.45, 2.75) is 43.7 Å². The molecule has 1 aliphatic heterocycles. The predicted molar refractivity (Wildman–Crippen MR) is 76.8 cm³/mol. The number of hydrogen-bond donors (Lipinski definition) is 2. The van der Waals surface area contributed by atoms with Gasteiger partial charge in [0.15, 0.2) is 0 Å². The van der Waals surface area contributed by atoms with Crippen LogP contribution in [0.3, 0.4) is 0 Å². The zero-order chi connectivity index (χ0) is 14.9. The van der Waals surface area contributed by atoms with Crippen molar-refractivity contribution in [2.75, 3.05) is 11.9 Å². The molecule has 0 radical (unpaired) electrons. The van der Waals surface area contributed by atoms with E-state index in [9.17, 15) is 10.1 Å². The summed E-state index contributed by atoms with van der Waals surface area (Å²) in [6.45, 7) is 0.968.